The zero-order valence-electron chi connectivity index (χ0n) is 11.3. The highest BCUT2D eigenvalue weighted by molar-refractivity contribution is 8.93. The molecule has 0 aliphatic heterocycles. The molecule has 1 aromatic carbocycles. The number of thiazole rings is 1. The summed E-state index contributed by atoms with van der Waals surface area (Å²) in [7, 11) is 0. The van der Waals surface area contributed by atoms with Crippen molar-refractivity contribution in [2.75, 3.05) is 0 Å². The fourth-order valence-corrected chi connectivity index (χ4v) is 2.95. The third-order valence-electron chi connectivity index (χ3n) is 3.09. The van der Waals surface area contributed by atoms with Gasteiger partial charge in [-0.05, 0) is 31.5 Å². The maximum absolute atomic E-state index is 4.73. The molecule has 3 rings (SSSR count). The van der Waals surface area contributed by atoms with Gasteiger partial charge in [-0.3, -0.25) is 4.98 Å². The molecule has 2 aromatic heterocycles. The minimum Gasteiger partial charge on any atom is -0.265 e. The van der Waals surface area contributed by atoms with E-state index >= 15 is 0 Å². The predicted octanol–water partition coefficient (Wildman–Crippen LogP) is 5.07. The van der Waals surface area contributed by atoms with Crippen LogP contribution in [0, 0.1) is 13.8 Å². The van der Waals surface area contributed by atoms with E-state index in [1.807, 2.05) is 12.1 Å². The maximum atomic E-state index is 4.73. The number of hydrogen-bond acceptors (Lipinski definition) is 3. The number of rotatable bonds is 2. The van der Waals surface area contributed by atoms with Crippen LogP contribution in [0.1, 0.15) is 11.1 Å². The molecule has 2 nitrogen and oxygen atoms in total. The summed E-state index contributed by atoms with van der Waals surface area (Å²) in [6, 6.07) is 10.5. The van der Waals surface area contributed by atoms with Crippen LogP contribution in [0.4, 0.5) is 0 Å². The second-order valence-electron chi connectivity index (χ2n) is 4.59. The molecule has 0 radical (unpaired) electrons. The summed E-state index contributed by atoms with van der Waals surface area (Å²) in [5, 5.41) is 3.16. The normalized spacial score (nSPS) is 10.1. The van der Waals surface area contributed by atoms with E-state index in [1.54, 1.807) is 23.7 Å². The zero-order valence-corrected chi connectivity index (χ0v) is 13.9. The molecule has 3 aromatic rings. The van der Waals surface area contributed by atoms with Crippen LogP contribution < -0.4 is 0 Å². The highest BCUT2D eigenvalue weighted by atomic mass is 79.9. The van der Waals surface area contributed by atoms with Gasteiger partial charge >= 0.3 is 0 Å². The standard InChI is InChI=1S/C16H14N2S.BrH/c1-11-3-4-14(12(2)9-11)15-10-19-16(18-15)13-5-7-17-8-6-13;/h3-10H,1-2H3;1H. The minimum atomic E-state index is 0. The Bertz CT molecular complexity index is 708. The molecule has 0 saturated carbocycles. The van der Waals surface area contributed by atoms with Crippen molar-refractivity contribution in [3.63, 3.8) is 0 Å². The SMILES string of the molecule is Br.Cc1ccc(-c2csc(-c3ccncc3)n2)c(C)c1. The van der Waals surface area contributed by atoms with Crippen molar-refractivity contribution in [1.29, 1.82) is 0 Å². The van der Waals surface area contributed by atoms with Crippen LogP contribution in [0.2, 0.25) is 0 Å². The minimum absolute atomic E-state index is 0. The lowest BCUT2D eigenvalue weighted by Gasteiger charge is -2.03. The van der Waals surface area contributed by atoms with Gasteiger partial charge in [0.15, 0.2) is 0 Å². The zero-order chi connectivity index (χ0) is 13.2. The molecule has 0 saturated heterocycles. The van der Waals surface area contributed by atoms with E-state index in [2.05, 4.69) is 42.4 Å². The van der Waals surface area contributed by atoms with Crippen LogP contribution in [0.5, 0.6) is 0 Å². The quantitative estimate of drug-likeness (QED) is 0.647. The van der Waals surface area contributed by atoms with Crippen LogP contribution in [-0.4, -0.2) is 9.97 Å². The van der Waals surface area contributed by atoms with Crippen LogP contribution in [-0.2, 0) is 0 Å². The first kappa shape index (κ1) is 14.9. The Kier molecular flexibility index (Phi) is 4.68. The first-order valence-corrected chi connectivity index (χ1v) is 7.05. The summed E-state index contributed by atoms with van der Waals surface area (Å²) in [6.45, 7) is 4.24. The second-order valence-corrected chi connectivity index (χ2v) is 5.45. The number of aromatic nitrogens is 2. The van der Waals surface area contributed by atoms with E-state index in [4.69, 9.17) is 4.98 Å². The summed E-state index contributed by atoms with van der Waals surface area (Å²) in [6.07, 6.45) is 3.60. The number of halogens is 1. The van der Waals surface area contributed by atoms with Crippen molar-refractivity contribution in [1.82, 2.24) is 9.97 Å². The van der Waals surface area contributed by atoms with Gasteiger partial charge in [-0.1, -0.05) is 23.8 Å². The van der Waals surface area contributed by atoms with E-state index in [0.29, 0.717) is 0 Å². The Labute approximate surface area is 133 Å². The van der Waals surface area contributed by atoms with Crippen molar-refractivity contribution < 1.29 is 0 Å². The van der Waals surface area contributed by atoms with E-state index in [0.717, 1.165) is 16.3 Å². The van der Waals surface area contributed by atoms with Gasteiger partial charge in [0.05, 0.1) is 5.69 Å². The summed E-state index contributed by atoms with van der Waals surface area (Å²) in [4.78, 5) is 8.77. The van der Waals surface area contributed by atoms with Gasteiger partial charge in [0.25, 0.3) is 0 Å². The number of aryl methyl sites for hydroxylation is 2. The van der Waals surface area contributed by atoms with E-state index < -0.39 is 0 Å². The third-order valence-corrected chi connectivity index (χ3v) is 3.98. The number of benzene rings is 1. The van der Waals surface area contributed by atoms with E-state index in [9.17, 15) is 0 Å². The summed E-state index contributed by atoms with van der Waals surface area (Å²) >= 11 is 1.67. The average molecular weight is 347 g/mol. The second kappa shape index (κ2) is 6.29. The molecule has 0 spiro atoms. The Balaban J connectivity index is 0.00000147. The molecule has 0 atom stereocenters. The van der Waals surface area contributed by atoms with Crippen molar-refractivity contribution >= 4 is 28.3 Å². The van der Waals surface area contributed by atoms with Gasteiger partial charge in [-0.2, -0.15) is 0 Å². The maximum Gasteiger partial charge on any atom is 0.124 e. The fraction of sp³-hybridized carbons (Fsp3) is 0.125. The monoisotopic (exact) mass is 346 g/mol. The summed E-state index contributed by atoms with van der Waals surface area (Å²) in [5.41, 5.74) is 5.94. The molecular weight excluding hydrogens is 332 g/mol. The van der Waals surface area contributed by atoms with E-state index in [1.165, 1.54) is 16.7 Å². The molecule has 20 heavy (non-hydrogen) atoms. The summed E-state index contributed by atoms with van der Waals surface area (Å²) < 4.78 is 0. The van der Waals surface area contributed by atoms with Gasteiger partial charge in [0, 0.05) is 28.9 Å². The number of nitrogens with zero attached hydrogens (tertiary/aromatic N) is 2. The predicted molar refractivity (Wildman–Crippen MR) is 90.6 cm³/mol. The van der Waals surface area contributed by atoms with E-state index in [-0.39, 0.29) is 17.0 Å². The molecule has 0 amide bonds. The largest absolute Gasteiger partial charge is 0.265 e. The first-order chi connectivity index (χ1) is 9.24. The van der Waals surface area contributed by atoms with Crippen molar-refractivity contribution in [3.05, 3.63) is 59.2 Å². The van der Waals surface area contributed by atoms with Crippen LogP contribution in [0.25, 0.3) is 21.8 Å². The average Bonchev–Trinajstić information content (AvgIpc) is 2.89. The van der Waals surface area contributed by atoms with Crippen molar-refractivity contribution in [2.24, 2.45) is 0 Å². The Morgan fingerprint density at radius 2 is 1.75 bits per heavy atom. The third kappa shape index (κ3) is 2.97. The van der Waals surface area contributed by atoms with Gasteiger partial charge in [0.1, 0.15) is 5.01 Å². The Morgan fingerprint density at radius 1 is 1.00 bits per heavy atom. The fourth-order valence-electron chi connectivity index (χ4n) is 2.13. The summed E-state index contributed by atoms with van der Waals surface area (Å²) in [5.74, 6) is 0. The topological polar surface area (TPSA) is 25.8 Å². The van der Waals surface area contributed by atoms with Gasteiger partial charge in [0.2, 0.25) is 0 Å². The number of hydrogen-bond donors (Lipinski definition) is 0. The Hall–Kier alpha value is -1.52. The smallest absolute Gasteiger partial charge is 0.124 e. The Morgan fingerprint density at radius 3 is 2.45 bits per heavy atom. The highest BCUT2D eigenvalue weighted by Gasteiger charge is 2.08. The molecule has 0 aliphatic rings. The van der Waals surface area contributed by atoms with Gasteiger partial charge in [-0.25, -0.2) is 4.98 Å². The lowest BCUT2D eigenvalue weighted by molar-refractivity contribution is 1.31. The molecular formula is C16H15BrN2S. The number of pyridine rings is 1. The van der Waals surface area contributed by atoms with Gasteiger partial charge < -0.3 is 0 Å². The molecule has 0 bridgehead atoms. The van der Waals surface area contributed by atoms with Gasteiger partial charge in [-0.15, -0.1) is 28.3 Å². The van der Waals surface area contributed by atoms with Crippen LogP contribution >= 0.6 is 28.3 Å². The van der Waals surface area contributed by atoms with Crippen molar-refractivity contribution in [2.45, 2.75) is 13.8 Å². The van der Waals surface area contributed by atoms with Crippen LogP contribution in [0.15, 0.2) is 48.1 Å². The van der Waals surface area contributed by atoms with Crippen LogP contribution in [0.3, 0.4) is 0 Å². The molecule has 4 heteroatoms. The lowest BCUT2D eigenvalue weighted by Crippen LogP contribution is -1.85. The van der Waals surface area contributed by atoms with Crippen molar-refractivity contribution in [3.8, 4) is 21.8 Å². The molecule has 0 N–H and O–H groups in total. The highest BCUT2D eigenvalue weighted by Crippen LogP contribution is 2.30. The lowest BCUT2D eigenvalue weighted by atomic mass is 10.0. The molecule has 0 fully saturated rings. The molecule has 0 unspecified atom stereocenters. The molecule has 2 heterocycles. The first-order valence-electron chi connectivity index (χ1n) is 6.17. The molecule has 0 aliphatic carbocycles. The molecule has 102 valence electrons.